The number of ketones is 1. The van der Waals surface area contributed by atoms with Crippen LogP contribution in [0.1, 0.15) is 53.9 Å². The van der Waals surface area contributed by atoms with Gasteiger partial charge in [0.15, 0.2) is 0 Å². The molecule has 0 aliphatic carbocycles. The van der Waals surface area contributed by atoms with Gasteiger partial charge in [-0.05, 0) is 86.5 Å². The Morgan fingerprint density at radius 3 is 1.80 bits per heavy atom. The molecule has 0 spiro atoms. The number of benzene rings is 5. The molecule has 2 aromatic heterocycles. The summed E-state index contributed by atoms with van der Waals surface area (Å²) in [6.45, 7) is 5.58. The highest BCUT2D eigenvalue weighted by Crippen LogP contribution is 2.41. The molecule has 14 heteroatoms. The maximum absolute atomic E-state index is 13.3. The van der Waals surface area contributed by atoms with Gasteiger partial charge in [0.1, 0.15) is 39.7 Å². The van der Waals surface area contributed by atoms with E-state index in [2.05, 4.69) is 0 Å². The summed E-state index contributed by atoms with van der Waals surface area (Å²) in [6, 6.07) is 39.0. The number of hydrogen-bond donors (Lipinski definition) is 3. The predicted octanol–water partition coefficient (Wildman–Crippen LogP) is 7.97. The highest BCUT2D eigenvalue weighted by molar-refractivity contribution is 6.27. The second-order valence-electron chi connectivity index (χ2n) is 13.9. The van der Waals surface area contributed by atoms with Crippen molar-refractivity contribution in [2.24, 2.45) is 11.0 Å². The average molecular weight is 865 g/mol. The number of carbonyl (C=O) groups excluding carboxylic acids is 3. The van der Waals surface area contributed by atoms with Crippen LogP contribution >= 0.6 is 0 Å². The molecule has 3 N–H and O–H groups in total. The minimum Gasteiger partial charge on any atom is -0.508 e. The second-order valence-corrected chi connectivity index (χ2v) is 13.9. The van der Waals surface area contributed by atoms with E-state index in [-0.39, 0.29) is 64.9 Å². The molecule has 0 saturated carbocycles. The molecule has 2 unspecified atom stereocenters. The summed E-state index contributed by atoms with van der Waals surface area (Å²) >= 11 is 0. The third kappa shape index (κ3) is 10.5. The predicted molar refractivity (Wildman–Crippen MR) is 241 cm³/mol. The number of fused-ring (bicyclic) bond motifs is 2. The molecule has 0 fully saturated rings. The number of para-hydroxylation sites is 1. The standard InChI is InChI=1S/C27H22N2O5.C21H16O6.C2H6O/c1-2-33-27(32)23-24(21-15-18-13-14-20(30)16-22(18)34-26(21)31)28-29(19-11-7-4-8-12-19)25(23)17-9-5-3-6-10-17;1-2-26-20(24)16(10-13-6-4-3-5-7-13)19(23)17-11-14-8-9-15(22)12-18(14)27-21(17)25;1-2-3/h3-16,23,25,30H,2H2,1H3;3-12,22H,2H2,1H3;3H,2H2,1H3. The van der Waals surface area contributed by atoms with Gasteiger partial charge >= 0.3 is 23.2 Å². The largest absolute Gasteiger partial charge is 0.508 e. The zero-order valence-electron chi connectivity index (χ0n) is 35.0. The van der Waals surface area contributed by atoms with Gasteiger partial charge in [-0.2, -0.15) is 5.10 Å². The van der Waals surface area contributed by atoms with Crippen molar-refractivity contribution in [3.05, 3.63) is 188 Å². The molecule has 7 aromatic rings. The van der Waals surface area contributed by atoms with Crippen LogP contribution in [0.4, 0.5) is 5.69 Å². The Bertz CT molecular complexity index is 2940. The quantitative estimate of drug-likeness (QED) is 0.0298. The molecule has 8 rings (SSSR count). The van der Waals surface area contributed by atoms with E-state index >= 15 is 0 Å². The number of hydrogen-bond acceptors (Lipinski definition) is 14. The fraction of sp³-hybridized carbons (Fsp3) is 0.160. The van der Waals surface area contributed by atoms with Gasteiger partial charge in [-0.25, -0.2) is 14.4 Å². The van der Waals surface area contributed by atoms with Crippen LogP contribution in [0.25, 0.3) is 28.0 Å². The summed E-state index contributed by atoms with van der Waals surface area (Å²) in [5.41, 5.74) is 0.987. The Morgan fingerprint density at radius 2 is 1.22 bits per heavy atom. The topological polar surface area (TPSA) is 206 Å². The smallest absolute Gasteiger partial charge is 0.347 e. The van der Waals surface area contributed by atoms with Gasteiger partial charge < -0.3 is 33.6 Å². The lowest BCUT2D eigenvalue weighted by atomic mass is 9.87. The molecule has 1 aliphatic heterocycles. The van der Waals surface area contributed by atoms with Crippen molar-refractivity contribution < 1.29 is 48.0 Å². The molecule has 5 aromatic carbocycles. The minimum atomic E-state index is -0.902. The lowest BCUT2D eigenvalue weighted by Gasteiger charge is -2.27. The number of nitrogens with zero attached hydrogens (tertiary/aromatic N) is 2. The van der Waals surface area contributed by atoms with E-state index in [0.717, 1.165) is 11.3 Å². The van der Waals surface area contributed by atoms with Gasteiger partial charge in [0.2, 0.25) is 5.78 Å². The Kier molecular flexibility index (Phi) is 15.0. The number of ether oxygens (including phenoxy) is 2. The van der Waals surface area contributed by atoms with Gasteiger partial charge in [-0.3, -0.25) is 14.6 Å². The number of esters is 2. The molecule has 0 saturated heterocycles. The zero-order valence-corrected chi connectivity index (χ0v) is 35.0. The summed E-state index contributed by atoms with van der Waals surface area (Å²) in [6.07, 6.45) is 1.38. The summed E-state index contributed by atoms with van der Waals surface area (Å²) in [5.74, 6) is -3.03. The monoisotopic (exact) mass is 864 g/mol. The summed E-state index contributed by atoms with van der Waals surface area (Å²) in [7, 11) is 0. The van der Waals surface area contributed by atoms with Crippen LogP contribution < -0.4 is 16.3 Å². The van der Waals surface area contributed by atoms with E-state index in [1.807, 2.05) is 60.7 Å². The molecule has 14 nitrogen and oxygen atoms in total. The van der Waals surface area contributed by atoms with Gasteiger partial charge in [-0.15, -0.1) is 0 Å². The fourth-order valence-corrected chi connectivity index (χ4v) is 6.83. The van der Waals surface area contributed by atoms with Gasteiger partial charge in [0.25, 0.3) is 0 Å². The first-order valence-electron chi connectivity index (χ1n) is 20.3. The van der Waals surface area contributed by atoms with Crippen LogP contribution in [0.3, 0.4) is 0 Å². The van der Waals surface area contributed by atoms with Crippen molar-refractivity contribution in [1.82, 2.24) is 0 Å². The van der Waals surface area contributed by atoms with E-state index in [0.29, 0.717) is 16.3 Å². The first-order valence-corrected chi connectivity index (χ1v) is 20.3. The summed E-state index contributed by atoms with van der Waals surface area (Å²) in [5, 5.41) is 34.4. The number of phenolic OH excluding ortho intramolecular Hbond substituents is 2. The number of aliphatic hydroxyl groups excluding tert-OH is 1. The lowest BCUT2D eigenvalue weighted by molar-refractivity contribution is -0.146. The molecule has 64 heavy (non-hydrogen) atoms. The van der Waals surface area contributed by atoms with Crippen LogP contribution in [-0.4, -0.2) is 58.6 Å². The Morgan fingerprint density at radius 1 is 0.688 bits per heavy atom. The van der Waals surface area contributed by atoms with Gasteiger partial charge in [-0.1, -0.05) is 78.9 Å². The first kappa shape index (κ1) is 45.4. The van der Waals surface area contributed by atoms with Crippen molar-refractivity contribution in [2.75, 3.05) is 24.8 Å². The Labute approximate surface area is 366 Å². The van der Waals surface area contributed by atoms with Crippen LogP contribution in [0.5, 0.6) is 11.5 Å². The third-order valence-electron chi connectivity index (χ3n) is 9.60. The molecule has 0 bridgehead atoms. The van der Waals surface area contributed by atoms with Crippen LogP contribution in [0.15, 0.2) is 169 Å². The molecule has 2 atom stereocenters. The highest BCUT2D eigenvalue weighted by Gasteiger charge is 2.46. The molecular weight excluding hydrogens is 821 g/mol. The summed E-state index contributed by atoms with van der Waals surface area (Å²) < 4.78 is 21.0. The van der Waals surface area contributed by atoms with Crippen LogP contribution in [0.2, 0.25) is 0 Å². The fourth-order valence-electron chi connectivity index (χ4n) is 6.83. The van der Waals surface area contributed by atoms with Crippen LogP contribution in [0, 0.1) is 5.92 Å². The van der Waals surface area contributed by atoms with Crippen molar-refractivity contribution in [1.29, 1.82) is 0 Å². The number of anilines is 1. The summed E-state index contributed by atoms with van der Waals surface area (Å²) in [4.78, 5) is 63.9. The molecule has 0 radical (unpaired) electrons. The number of Topliss-reactive ketones (excluding diaryl/α,β-unsaturated/α-hetero) is 1. The van der Waals surface area contributed by atoms with E-state index in [9.17, 15) is 34.2 Å². The maximum atomic E-state index is 13.3. The number of carbonyl (C=O) groups is 3. The van der Waals surface area contributed by atoms with Crippen molar-refractivity contribution in [2.45, 2.75) is 26.8 Å². The second kappa shape index (κ2) is 21.1. The van der Waals surface area contributed by atoms with Crippen molar-refractivity contribution in [3.8, 4) is 11.5 Å². The van der Waals surface area contributed by atoms with Crippen molar-refractivity contribution >= 4 is 57.1 Å². The number of aliphatic hydroxyl groups is 1. The third-order valence-corrected chi connectivity index (χ3v) is 9.60. The van der Waals surface area contributed by atoms with E-state index < -0.39 is 40.9 Å². The normalized spacial score (nSPS) is 14.4. The van der Waals surface area contributed by atoms with E-state index in [1.54, 1.807) is 68.2 Å². The number of aromatic hydroxyl groups is 2. The molecule has 0 amide bonds. The Balaban J connectivity index is 0.000000205. The molecule has 326 valence electrons. The zero-order chi connectivity index (χ0) is 45.8. The molecular formula is C50H44N2O12. The van der Waals surface area contributed by atoms with Gasteiger partial charge in [0, 0.05) is 29.5 Å². The minimum absolute atomic E-state index is 0.00889. The number of rotatable bonds is 10. The highest BCUT2D eigenvalue weighted by atomic mass is 16.5. The van der Waals surface area contributed by atoms with E-state index in [4.69, 9.17) is 28.5 Å². The average Bonchev–Trinajstić information content (AvgIpc) is 3.70. The first-order chi connectivity index (χ1) is 31.0. The van der Waals surface area contributed by atoms with Gasteiger partial charge in [0.05, 0.1) is 36.2 Å². The number of hydrazone groups is 1. The molecule has 3 heterocycles. The van der Waals surface area contributed by atoms with Crippen LogP contribution in [-0.2, 0) is 19.1 Å². The maximum Gasteiger partial charge on any atom is 0.347 e. The number of phenols is 2. The van der Waals surface area contributed by atoms with Crippen molar-refractivity contribution in [3.63, 3.8) is 0 Å². The Hall–Kier alpha value is -8.10. The molecule has 1 aliphatic rings. The van der Waals surface area contributed by atoms with E-state index in [1.165, 1.54) is 42.5 Å². The SMILES string of the molecule is CCO.CCOC(=O)C(=Cc1ccccc1)C(=O)c1cc2ccc(O)cc2oc1=O.CCOC(=O)C1C(c2cc3ccc(O)cc3oc2=O)=NN(c2ccccc2)C1c1ccccc1. The lowest BCUT2D eigenvalue weighted by Crippen LogP contribution is -2.34.